The summed E-state index contributed by atoms with van der Waals surface area (Å²) >= 11 is 6.09. The van der Waals surface area contributed by atoms with Gasteiger partial charge in [0.05, 0.1) is 36.1 Å². The number of benzene rings is 1. The number of anilines is 1. The third-order valence-corrected chi connectivity index (χ3v) is 5.42. The molecule has 154 valence electrons. The van der Waals surface area contributed by atoms with Crippen molar-refractivity contribution in [2.24, 2.45) is 0 Å². The molecule has 2 saturated heterocycles. The van der Waals surface area contributed by atoms with Crippen LogP contribution in [0.5, 0.6) is 5.75 Å². The van der Waals surface area contributed by atoms with Crippen molar-refractivity contribution in [3.05, 3.63) is 22.7 Å². The molecule has 6 nitrogen and oxygen atoms in total. The Labute approximate surface area is 178 Å². The molecule has 3 rings (SSSR count). The van der Waals surface area contributed by atoms with E-state index >= 15 is 0 Å². The van der Waals surface area contributed by atoms with Crippen molar-refractivity contribution >= 4 is 48.0 Å². The number of hydrogen-bond donors (Lipinski definition) is 1. The molecule has 1 atom stereocenters. The van der Waals surface area contributed by atoms with E-state index in [2.05, 4.69) is 11.8 Å². The van der Waals surface area contributed by atoms with Crippen LogP contribution in [0.3, 0.4) is 0 Å². The maximum absolute atomic E-state index is 12.9. The Morgan fingerprint density at radius 2 is 1.93 bits per heavy atom. The maximum Gasteiger partial charge on any atom is 0.257 e. The number of nitrogens with zero attached hydrogens (tertiary/aromatic N) is 2. The van der Waals surface area contributed by atoms with Gasteiger partial charge in [-0.2, -0.15) is 0 Å². The Kier molecular flexibility index (Phi) is 9.45. The number of likely N-dealkylation sites (tertiary alicyclic amines) is 1. The standard InChI is InChI=1S/C18H26ClN3O3.2ClH/c1-12-11-22(7-8-25-12)13-3-5-21(6-4-13)18(23)14-9-15(19)16(20)10-17(14)24-2;;/h9-10,12-13H,3-8,11,20H2,1-2H3;2*1H. The smallest absolute Gasteiger partial charge is 0.257 e. The molecule has 9 heteroatoms. The van der Waals surface area contributed by atoms with Crippen molar-refractivity contribution < 1.29 is 14.3 Å². The van der Waals surface area contributed by atoms with Gasteiger partial charge in [-0.25, -0.2) is 0 Å². The average molecular weight is 441 g/mol. The Bertz CT molecular complexity index is 640. The maximum atomic E-state index is 12.9. The SMILES string of the molecule is COc1cc(N)c(Cl)cc1C(=O)N1CCC(N2CCOC(C)C2)CC1.Cl.Cl. The fourth-order valence-electron chi connectivity index (χ4n) is 3.69. The largest absolute Gasteiger partial charge is 0.496 e. The molecule has 2 N–H and O–H groups in total. The third-order valence-electron chi connectivity index (χ3n) is 5.09. The lowest BCUT2D eigenvalue weighted by Crippen LogP contribution is -2.51. The number of nitrogen functional groups attached to an aromatic ring is 1. The quantitative estimate of drug-likeness (QED) is 0.732. The first kappa shape index (κ1) is 24.1. The van der Waals surface area contributed by atoms with Crippen molar-refractivity contribution in [3.8, 4) is 5.75 Å². The molecule has 2 aliphatic rings. The van der Waals surface area contributed by atoms with E-state index in [1.807, 2.05) is 4.90 Å². The van der Waals surface area contributed by atoms with Crippen LogP contribution >= 0.6 is 36.4 Å². The number of hydrogen-bond acceptors (Lipinski definition) is 5. The van der Waals surface area contributed by atoms with Crippen molar-refractivity contribution in [2.45, 2.75) is 31.9 Å². The Morgan fingerprint density at radius 1 is 1.26 bits per heavy atom. The average Bonchev–Trinajstić information content (AvgIpc) is 2.63. The number of ether oxygens (including phenoxy) is 2. The highest BCUT2D eigenvalue weighted by Gasteiger charge is 2.30. The molecule has 1 amide bonds. The summed E-state index contributed by atoms with van der Waals surface area (Å²) in [4.78, 5) is 17.3. The lowest BCUT2D eigenvalue weighted by Gasteiger charge is -2.41. The van der Waals surface area contributed by atoms with Crippen LogP contribution in [0, 0.1) is 0 Å². The van der Waals surface area contributed by atoms with Crippen LogP contribution in [0.25, 0.3) is 0 Å². The number of rotatable bonds is 3. The first-order valence-electron chi connectivity index (χ1n) is 8.77. The Morgan fingerprint density at radius 3 is 2.52 bits per heavy atom. The normalized spacial score (nSPS) is 21.1. The fraction of sp³-hybridized carbons (Fsp3) is 0.611. The lowest BCUT2D eigenvalue weighted by atomic mass is 10.0. The summed E-state index contributed by atoms with van der Waals surface area (Å²) in [6.45, 7) is 6.33. The van der Waals surface area contributed by atoms with Gasteiger partial charge in [-0.15, -0.1) is 24.8 Å². The minimum Gasteiger partial charge on any atom is -0.496 e. The molecule has 1 unspecified atom stereocenters. The van der Waals surface area contributed by atoms with E-state index < -0.39 is 0 Å². The zero-order valence-corrected chi connectivity index (χ0v) is 18.0. The summed E-state index contributed by atoms with van der Waals surface area (Å²) in [7, 11) is 1.53. The monoisotopic (exact) mass is 439 g/mol. The first-order valence-corrected chi connectivity index (χ1v) is 9.15. The van der Waals surface area contributed by atoms with Crippen LogP contribution in [0.2, 0.25) is 5.02 Å². The van der Waals surface area contributed by atoms with Gasteiger partial charge in [0.15, 0.2) is 0 Å². The second kappa shape index (κ2) is 10.6. The molecule has 1 aromatic carbocycles. The van der Waals surface area contributed by atoms with Gasteiger partial charge in [0.25, 0.3) is 5.91 Å². The zero-order valence-electron chi connectivity index (χ0n) is 15.7. The number of methoxy groups -OCH3 is 1. The summed E-state index contributed by atoms with van der Waals surface area (Å²) in [5.74, 6) is 0.420. The molecule has 0 bridgehead atoms. The van der Waals surface area contributed by atoms with Crippen LogP contribution in [0.15, 0.2) is 12.1 Å². The number of carbonyl (C=O) groups is 1. The molecule has 2 heterocycles. The highest BCUT2D eigenvalue weighted by atomic mass is 35.5. The van der Waals surface area contributed by atoms with Gasteiger partial charge >= 0.3 is 0 Å². The molecular formula is C18H28Cl3N3O3. The van der Waals surface area contributed by atoms with E-state index in [4.69, 9.17) is 26.8 Å². The van der Waals surface area contributed by atoms with Gasteiger partial charge in [-0.05, 0) is 25.8 Å². The molecule has 27 heavy (non-hydrogen) atoms. The van der Waals surface area contributed by atoms with Crippen molar-refractivity contribution in [1.29, 1.82) is 0 Å². The number of piperidine rings is 1. The molecule has 0 radical (unpaired) electrons. The summed E-state index contributed by atoms with van der Waals surface area (Å²) < 4.78 is 10.9. The lowest BCUT2D eigenvalue weighted by molar-refractivity contribution is -0.0423. The van der Waals surface area contributed by atoms with E-state index in [0.29, 0.717) is 28.1 Å². The van der Waals surface area contributed by atoms with Crippen LogP contribution in [0.1, 0.15) is 30.1 Å². The van der Waals surface area contributed by atoms with E-state index in [1.165, 1.54) is 7.11 Å². The number of morpholine rings is 1. The predicted octanol–water partition coefficient (Wildman–Crippen LogP) is 3.10. The van der Waals surface area contributed by atoms with Gasteiger partial charge in [-0.1, -0.05) is 11.6 Å². The minimum absolute atomic E-state index is 0. The van der Waals surface area contributed by atoms with Gasteiger partial charge in [-0.3, -0.25) is 9.69 Å². The van der Waals surface area contributed by atoms with E-state index in [1.54, 1.807) is 12.1 Å². The van der Waals surface area contributed by atoms with Crippen LogP contribution in [-0.2, 0) is 4.74 Å². The zero-order chi connectivity index (χ0) is 18.0. The third kappa shape index (κ3) is 5.55. The highest BCUT2D eigenvalue weighted by Crippen LogP contribution is 2.30. The minimum atomic E-state index is -0.0486. The second-order valence-electron chi connectivity index (χ2n) is 6.77. The topological polar surface area (TPSA) is 68.0 Å². The van der Waals surface area contributed by atoms with Crippen LogP contribution in [-0.4, -0.2) is 67.7 Å². The van der Waals surface area contributed by atoms with Gasteiger partial charge in [0, 0.05) is 38.3 Å². The Balaban J connectivity index is 0.00000182. The molecule has 0 aliphatic carbocycles. The highest BCUT2D eigenvalue weighted by molar-refractivity contribution is 6.33. The summed E-state index contributed by atoms with van der Waals surface area (Å²) in [6, 6.07) is 3.73. The molecule has 0 saturated carbocycles. The second-order valence-corrected chi connectivity index (χ2v) is 7.18. The predicted molar refractivity (Wildman–Crippen MR) is 113 cm³/mol. The number of carbonyl (C=O) groups excluding carboxylic acids is 1. The Hall–Kier alpha value is -0.920. The van der Waals surface area contributed by atoms with Gasteiger partial charge < -0.3 is 20.1 Å². The van der Waals surface area contributed by atoms with E-state index in [9.17, 15) is 4.79 Å². The first-order chi connectivity index (χ1) is 12.0. The van der Waals surface area contributed by atoms with Crippen molar-refractivity contribution in [2.75, 3.05) is 45.6 Å². The number of amides is 1. The molecule has 2 aliphatic heterocycles. The van der Waals surface area contributed by atoms with Gasteiger partial charge in [0.2, 0.25) is 0 Å². The molecule has 1 aromatic rings. The summed E-state index contributed by atoms with van der Waals surface area (Å²) in [5, 5.41) is 0.376. The van der Waals surface area contributed by atoms with E-state index in [0.717, 1.165) is 45.6 Å². The fourth-order valence-corrected chi connectivity index (χ4v) is 3.85. The molecule has 2 fully saturated rings. The van der Waals surface area contributed by atoms with Crippen molar-refractivity contribution in [1.82, 2.24) is 9.80 Å². The number of halogens is 3. The number of nitrogens with two attached hydrogens (primary N) is 1. The summed E-state index contributed by atoms with van der Waals surface area (Å²) in [5.41, 5.74) is 6.69. The van der Waals surface area contributed by atoms with Crippen LogP contribution < -0.4 is 10.5 Å². The molecule has 0 spiro atoms. The van der Waals surface area contributed by atoms with Crippen molar-refractivity contribution in [3.63, 3.8) is 0 Å². The van der Waals surface area contributed by atoms with E-state index in [-0.39, 0.29) is 36.8 Å². The molecule has 0 aromatic heterocycles. The van der Waals surface area contributed by atoms with Gasteiger partial charge in [0.1, 0.15) is 5.75 Å². The summed E-state index contributed by atoms with van der Waals surface area (Å²) in [6.07, 6.45) is 2.24. The van der Waals surface area contributed by atoms with Crippen LogP contribution in [0.4, 0.5) is 5.69 Å². The molecular weight excluding hydrogens is 413 g/mol.